The van der Waals surface area contributed by atoms with E-state index in [1.54, 1.807) is 7.05 Å². The van der Waals surface area contributed by atoms with Crippen LogP contribution in [-0.4, -0.2) is 41.6 Å². The van der Waals surface area contributed by atoms with E-state index < -0.39 is 5.60 Å². The van der Waals surface area contributed by atoms with Gasteiger partial charge in [-0.3, -0.25) is 9.69 Å². The molecule has 5 heteroatoms. The Morgan fingerprint density at radius 3 is 2.42 bits per heavy atom. The number of benzene rings is 1. The Kier molecular flexibility index (Phi) is 5.08. The summed E-state index contributed by atoms with van der Waals surface area (Å²) in [5.41, 5.74) is 2.55. The van der Waals surface area contributed by atoms with Gasteiger partial charge in [-0.15, -0.1) is 0 Å². The van der Waals surface area contributed by atoms with Gasteiger partial charge in [0.15, 0.2) is 0 Å². The largest absolute Gasteiger partial charge is 0.444 e. The molecule has 1 aromatic rings. The van der Waals surface area contributed by atoms with Gasteiger partial charge >= 0.3 is 6.09 Å². The summed E-state index contributed by atoms with van der Waals surface area (Å²) >= 11 is 0. The van der Waals surface area contributed by atoms with Crippen LogP contribution in [0, 0.1) is 0 Å². The zero-order valence-corrected chi connectivity index (χ0v) is 16.0. The Morgan fingerprint density at radius 1 is 1.15 bits per heavy atom. The van der Waals surface area contributed by atoms with Gasteiger partial charge in [0.05, 0.1) is 6.04 Å². The van der Waals surface area contributed by atoms with Crippen molar-refractivity contribution in [2.24, 2.45) is 0 Å². The predicted molar refractivity (Wildman–Crippen MR) is 102 cm³/mol. The van der Waals surface area contributed by atoms with Gasteiger partial charge in [0.25, 0.3) is 5.91 Å². The van der Waals surface area contributed by atoms with E-state index in [9.17, 15) is 9.59 Å². The zero-order valence-electron chi connectivity index (χ0n) is 16.0. The third-order valence-electron chi connectivity index (χ3n) is 4.99. The molecule has 1 aromatic carbocycles. The van der Waals surface area contributed by atoms with Crippen LogP contribution in [-0.2, 0) is 4.74 Å². The summed E-state index contributed by atoms with van der Waals surface area (Å²) in [5, 5.41) is 2.64. The molecule has 0 aliphatic carbocycles. The second kappa shape index (κ2) is 7.14. The highest BCUT2D eigenvalue weighted by atomic mass is 16.6. The maximum absolute atomic E-state index is 12.7. The minimum atomic E-state index is -0.481. The van der Waals surface area contributed by atoms with Crippen molar-refractivity contribution in [2.75, 3.05) is 7.05 Å². The number of ether oxygens (including phenoxy) is 1. The van der Waals surface area contributed by atoms with Gasteiger partial charge in [0.1, 0.15) is 5.60 Å². The van der Waals surface area contributed by atoms with Crippen LogP contribution < -0.4 is 5.32 Å². The van der Waals surface area contributed by atoms with Gasteiger partial charge in [-0.05, 0) is 69.7 Å². The number of nitrogens with zero attached hydrogens (tertiary/aromatic N) is 1. The highest BCUT2D eigenvalue weighted by Crippen LogP contribution is 2.38. The summed E-state index contributed by atoms with van der Waals surface area (Å²) in [6.45, 7) is 5.71. The van der Waals surface area contributed by atoms with Crippen LogP contribution >= 0.6 is 0 Å². The first-order chi connectivity index (χ1) is 12.3. The molecule has 2 heterocycles. The average molecular weight is 356 g/mol. The first-order valence-electron chi connectivity index (χ1n) is 9.33. The van der Waals surface area contributed by atoms with Crippen molar-refractivity contribution in [3.63, 3.8) is 0 Å². The second-order valence-electron chi connectivity index (χ2n) is 8.09. The molecule has 2 aliphatic rings. The number of piperidine rings is 1. The summed E-state index contributed by atoms with van der Waals surface area (Å²) < 4.78 is 5.62. The summed E-state index contributed by atoms with van der Waals surface area (Å²) in [5.74, 6) is -0.0813. The van der Waals surface area contributed by atoms with Crippen molar-refractivity contribution in [3.8, 4) is 0 Å². The van der Waals surface area contributed by atoms with Crippen molar-refractivity contribution < 1.29 is 14.3 Å². The van der Waals surface area contributed by atoms with Gasteiger partial charge in [-0.2, -0.15) is 0 Å². The molecular weight excluding hydrogens is 328 g/mol. The fourth-order valence-corrected chi connectivity index (χ4v) is 3.82. The molecule has 0 aromatic heterocycles. The van der Waals surface area contributed by atoms with Gasteiger partial charge < -0.3 is 10.1 Å². The van der Waals surface area contributed by atoms with Crippen LogP contribution in [0.15, 0.2) is 30.3 Å². The smallest absolute Gasteiger partial charge is 0.411 e. The lowest BCUT2D eigenvalue weighted by molar-refractivity contribution is 0.0000756. The Morgan fingerprint density at radius 2 is 1.85 bits per heavy atom. The minimum absolute atomic E-state index is 0.0813. The Labute approximate surface area is 155 Å². The first kappa shape index (κ1) is 18.5. The maximum Gasteiger partial charge on any atom is 0.411 e. The number of nitrogens with one attached hydrogen (secondary N) is 1. The minimum Gasteiger partial charge on any atom is -0.444 e. The van der Waals surface area contributed by atoms with Crippen molar-refractivity contribution in [1.82, 2.24) is 10.2 Å². The summed E-state index contributed by atoms with van der Waals surface area (Å²) in [7, 11) is 1.63. The van der Waals surface area contributed by atoms with Crippen molar-refractivity contribution >= 4 is 17.6 Å². The standard InChI is InChI=1S/C21H28N2O3/c1-21(2,3)26-20(25)23-17-6-5-7-18(23)13-16(12-17)14-8-10-15(11-9-14)19(24)22-4/h8-12,17-18H,5-7,13H2,1-4H3,(H,22,24). The number of rotatable bonds is 2. The maximum atomic E-state index is 12.7. The molecule has 26 heavy (non-hydrogen) atoms. The van der Waals surface area contributed by atoms with Gasteiger partial charge in [-0.25, -0.2) is 4.79 Å². The molecule has 1 N–H and O–H groups in total. The lowest BCUT2D eigenvalue weighted by atomic mass is 9.83. The second-order valence-corrected chi connectivity index (χ2v) is 8.09. The lowest BCUT2D eigenvalue weighted by Gasteiger charge is -2.45. The van der Waals surface area contributed by atoms with Crippen LogP contribution in [0.2, 0.25) is 0 Å². The number of hydrogen-bond donors (Lipinski definition) is 1. The molecule has 140 valence electrons. The van der Waals surface area contributed by atoms with Crippen LogP contribution in [0.4, 0.5) is 4.79 Å². The fraction of sp³-hybridized carbons (Fsp3) is 0.524. The van der Waals surface area contributed by atoms with Crippen LogP contribution in [0.5, 0.6) is 0 Å². The number of amides is 2. The van der Waals surface area contributed by atoms with E-state index in [0.717, 1.165) is 31.2 Å². The number of carbonyl (C=O) groups is 2. The van der Waals surface area contributed by atoms with E-state index >= 15 is 0 Å². The van der Waals surface area contributed by atoms with Crippen molar-refractivity contribution in [2.45, 2.75) is 64.1 Å². The molecule has 2 atom stereocenters. The molecule has 2 amide bonds. The molecule has 5 nitrogen and oxygen atoms in total. The Balaban J connectivity index is 1.81. The van der Waals surface area contributed by atoms with Crippen molar-refractivity contribution in [1.29, 1.82) is 0 Å². The van der Waals surface area contributed by atoms with Crippen LogP contribution in [0.3, 0.4) is 0 Å². The number of fused-ring (bicyclic) bond motifs is 2. The molecule has 1 fully saturated rings. The molecule has 3 rings (SSSR count). The fourth-order valence-electron chi connectivity index (χ4n) is 3.82. The van der Waals surface area contributed by atoms with Gasteiger partial charge in [0.2, 0.25) is 0 Å². The van der Waals surface area contributed by atoms with E-state index in [-0.39, 0.29) is 24.1 Å². The highest BCUT2D eigenvalue weighted by molar-refractivity contribution is 5.94. The summed E-state index contributed by atoms with van der Waals surface area (Å²) in [6, 6.07) is 7.97. The average Bonchev–Trinajstić information content (AvgIpc) is 2.58. The predicted octanol–water partition coefficient (Wildman–Crippen LogP) is 3.99. The first-order valence-corrected chi connectivity index (χ1v) is 9.33. The topological polar surface area (TPSA) is 58.6 Å². The number of carbonyl (C=O) groups excluding carboxylic acids is 2. The van der Waals surface area contributed by atoms with E-state index in [1.807, 2.05) is 49.9 Å². The molecule has 2 unspecified atom stereocenters. The quantitative estimate of drug-likeness (QED) is 0.871. The zero-order chi connectivity index (χ0) is 18.9. The molecule has 0 radical (unpaired) electrons. The van der Waals surface area contributed by atoms with E-state index in [0.29, 0.717) is 5.56 Å². The van der Waals surface area contributed by atoms with Gasteiger partial charge in [-0.1, -0.05) is 18.2 Å². The van der Waals surface area contributed by atoms with E-state index in [2.05, 4.69) is 11.4 Å². The molecule has 0 saturated carbocycles. The van der Waals surface area contributed by atoms with Crippen LogP contribution in [0.1, 0.15) is 62.4 Å². The third-order valence-corrected chi connectivity index (χ3v) is 4.99. The monoisotopic (exact) mass is 356 g/mol. The van der Waals surface area contributed by atoms with Crippen molar-refractivity contribution in [3.05, 3.63) is 41.5 Å². The van der Waals surface area contributed by atoms with Crippen LogP contribution in [0.25, 0.3) is 5.57 Å². The van der Waals surface area contributed by atoms with E-state index in [4.69, 9.17) is 4.74 Å². The molecule has 2 aliphatic heterocycles. The third kappa shape index (κ3) is 3.92. The van der Waals surface area contributed by atoms with E-state index in [1.165, 1.54) is 5.57 Å². The summed E-state index contributed by atoms with van der Waals surface area (Å²) in [6.07, 6.45) is 5.92. The molecular formula is C21H28N2O3. The normalized spacial score (nSPS) is 22.5. The highest BCUT2D eigenvalue weighted by Gasteiger charge is 2.39. The summed E-state index contributed by atoms with van der Waals surface area (Å²) in [4.78, 5) is 26.3. The molecule has 1 saturated heterocycles. The number of hydrogen-bond acceptors (Lipinski definition) is 3. The Hall–Kier alpha value is -2.30. The molecule has 2 bridgehead atoms. The lowest BCUT2D eigenvalue weighted by Crippen LogP contribution is -2.53. The Bertz CT molecular complexity index is 716. The SMILES string of the molecule is CNC(=O)c1ccc(C2=CC3CCCC(C2)N3C(=O)OC(C)(C)C)cc1. The molecule has 0 spiro atoms. The van der Waals surface area contributed by atoms with Gasteiger partial charge in [0, 0.05) is 18.7 Å².